The highest BCUT2D eigenvalue weighted by Gasteiger charge is 2.08. The molecule has 1 heterocycles. The molecule has 0 radical (unpaired) electrons. The Bertz CT molecular complexity index is 893. The van der Waals surface area contributed by atoms with Crippen molar-refractivity contribution in [1.82, 2.24) is 4.98 Å². The zero-order valence-electron chi connectivity index (χ0n) is 15.2. The Balaban J connectivity index is 1.62. The van der Waals surface area contributed by atoms with E-state index in [-0.39, 0.29) is 5.91 Å². The summed E-state index contributed by atoms with van der Waals surface area (Å²) >= 11 is 0. The van der Waals surface area contributed by atoms with Crippen LogP contribution >= 0.6 is 0 Å². The van der Waals surface area contributed by atoms with Crippen LogP contribution in [0.15, 0.2) is 67.0 Å². The second-order valence-corrected chi connectivity index (χ2v) is 5.85. The summed E-state index contributed by atoms with van der Waals surface area (Å²) < 4.78 is 10.3. The number of ether oxygens (including phenoxy) is 2. The number of carbonyl (C=O) groups excluding carboxylic acids is 1. The van der Waals surface area contributed by atoms with Crippen molar-refractivity contribution in [3.8, 4) is 11.5 Å². The number of benzene rings is 2. The molecule has 0 atom stereocenters. The van der Waals surface area contributed by atoms with Gasteiger partial charge in [-0.3, -0.25) is 9.78 Å². The normalized spacial score (nSPS) is 10.1. The Hall–Kier alpha value is -3.54. The van der Waals surface area contributed by atoms with Gasteiger partial charge < -0.3 is 20.1 Å². The molecule has 0 saturated carbocycles. The number of pyridine rings is 1. The summed E-state index contributed by atoms with van der Waals surface area (Å²) in [6, 6.07) is 16.7. The molecular formula is C21H21N3O3. The van der Waals surface area contributed by atoms with Crippen molar-refractivity contribution < 1.29 is 14.3 Å². The van der Waals surface area contributed by atoms with E-state index >= 15 is 0 Å². The Morgan fingerprint density at radius 3 is 2.15 bits per heavy atom. The number of carbonyl (C=O) groups is 1. The third-order valence-corrected chi connectivity index (χ3v) is 4.00. The summed E-state index contributed by atoms with van der Waals surface area (Å²) in [6.45, 7) is 0.620. The highest BCUT2D eigenvalue weighted by molar-refractivity contribution is 6.04. The summed E-state index contributed by atoms with van der Waals surface area (Å²) in [4.78, 5) is 16.6. The van der Waals surface area contributed by atoms with Crippen molar-refractivity contribution in [1.29, 1.82) is 0 Å². The number of amides is 1. The van der Waals surface area contributed by atoms with Crippen LogP contribution in [-0.2, 0) is 6.54 Å². The maximum absolute atomic E-state index is 12.4. The van der Waals surface area contributed by atoms with Gasteiger partial charge in [-0.1, -0.05) is 12.1 Å². The lowest BCUT2D eigenvalue weighted by Gasteiger charge is -2.09. The van der Waals surface area contributed by atoms with Gasteiger partial charge in [0.1, 0.15) is 11.5 Å². The van der Waals surface area contributed by atoms with E-state index in [0.29, 0.717) is 17.8 Å². The molecule has 0 aliphatic heterocycles. The third-order valence-electron chi connectivity index (χ3n) is 4.00. The van der Waals surface area contributed by atoms with Gasteiger partial charge in [0, 0.05) is 24.6 Å². The molecule has 3 rings (SSSR count). The first-order valence-corrected chi connectivity index (χ1v) is 8.45. The molecule has 6 heteroatoms. The Morgan fingerprint density at radius 2 is 1.52 bits per heavy atom. The maximum Gasteiger partial charge on any atom is 0.257 e. The molecule has 0 bridgehead atoms. The molecule has 2 N–H and O–H groups in total. The number of rotatable bonds is 7. The van der Waals surface area contributed by atoms with Crippen molar-refractivity contribution in [3.05, 3.63) is 78.1 Å². The second kappa shape index (κ2) is 8.71. The van der Waals surface area contributed by atoms with E-state index in [4.69, 9.17) is 9.47 Å². The van der Waals surface area contributed by atoms with Gasteiger partial charge in [0.25, 0.3) is 5.91 Å². The van der Waals surface area contributed by atoms with E-state index in [1.54, 1.807) is 50.7 Å². The summed E-state index contributed by atoms with van der Waals surface area (Å²) in [6.07, 6.45) is 3.23. The molecule has 1 amide bonds. The first-order chi connectivity index (χ1) is 13.2. The fraction of sp³-hybridized carbons (Fsp3) is 0.143. The fourth-order valence-corrected chi connectivity index (χ4v) is 2.49. The SMILES string of the molecule is COc1ccc(CNc2cncc(C(=O)Nc3ccc(OC)cc3)c2)cc1. The van der Waals surface area contributed by atoms with Gasteiger partial charge in [0.05, 0.1) is 25.5 Å². The molecule has 27 heavy (non-hydrogen) atoms. The van der Waals surface area contributed by atoms with Gasteiger partial charge in [-0.2, -0.15) is 0 Å². The minimum Gasteiger partial charge on any atom is -0.497 e. The van der Waals surface area contributed by atoms with Crippen LogP contribution in [0.25, 0.3) is 0 Å². The predicted molar refractivity (Wildman–Crippen MR) is 106 cm³/mol. The quantitative estimate of drug-likeness (QED) is 0.665. The minimum absolute atomic E-state index is 0.222. The smallest absolute Gasteiger partial charge is 0.257 e. The van der Waals surface area contributed by atoms with Crippen LogP contribution in [0.2, 0.25) is 0 Å². The summed E-state index contributed by atoms with van der Waals surface area (Å²) in [5.41, 5.74) is 3.04. The molecule has 6 nitrogen and oxygen atoms in total. The van der Waals surface area contributed by atoms with Crippen LogP contribution in [0.1, 0.15) is 15.9 Å². The van der Waals surface area contributed by atoms with Crippen molar-refractivity contribution in [2.45, 2.75) is 6.54 Å². The van der Waals surface area contributed by atoms with E-state index in [9.17, 15) is 4.79 Å². The van der Waals surface area contributed by atoms with Crippen LogP contribution in [0, 0.1) is 0 Å². The van der Waals surface area contributed by atoms with Gasteiger partial charge >= 0.3 is 0 Å². The predicted octanol–water partition coefficient (Wildman–Crippen LogP) is 3.96. The molecule has 0 aliphatic carbocycles. The molecule has 138 valence electrons. The van der Waals surface area contributed by atoms with Crippen LogP contribution in [0.5, 0.6) is 11.5 Å². The number of nitrogens with zero attached hydrogens (tertiary/aromatic N) is 1. The average molecular weight is 363 g/mol. The Labute approximate surface area is 158 Å². The molecule has 0 saturated heterocycles. The number of hydrogen-bond donors (Lipinski definition) is 2. The Morgan fingerprint density at radius 1 is 0.889 bits per heavy atom. The van der Waals surface area contributed by atoms with E-state index in [1.165, 1.54) is 6.20 Å². The first kappa shape index (κ1) is 18.3. The second-order valence-electron chi connectivity index (χ2n) is 5.85. The fourth-order valence-electron chi connectivity index (χ4n) is 2.49. The molecule has 0 spiro atoms. The number of hydrogen-bond acceptors (Lipinski definition) is 5. The number of methoxy groups -OCH3 is 2. The van der Waals surface area contributed by atoms with E-state index in [2.05, 4.69) is 15.6 Å². The van der Waals surface area contributed by atoms with Crippen molar-refractivity contribution >= 4 is 17.3 Å². The van der Waals surface area contributed by atoms with Crippen LogP contribution in [-0.4, -0.2) is 25.1 Å². The summed E-state index contributed by atoms with van der Waals surface area (Å²) in [5.74, 6) is 1.33. The van der Waals surface area contributed by atoms with Crippen LogP contribution in [0.3, 0.4) is 0 Å². The van der Waals surface area contributed by atoms with E-state index in [1.807, 2.05) is 24.3 Å². The summed E-state index contributed by atoms with van der Waals surface area (Å²) in [5, 5.41) is 6.12. The van der Waals surface area contributed by atoms with E-state index < -0.39 is 0 Å². The van der Waals surface area contributed by atoms with Crippen molar-refractivity contribution in [2.75, 3.05) is 24.9 Å². The lowest BCUT2D eigenvalue weighted by atomic mass is 10.2. The monoisotopic (exact) mass is 363 g/mol. The first-order valence-electron chi connectivity index (χ1n) is 8.45. The Kier molecular flexibility index (Phi) is 5.89. The molecular weight excluding hydrogens is 342 g/mol. The zero-order valence-corrected chi connectivity index (χ0v) is 15.2. The number of aromatic nitrogens is 1. The highest BCUT2D eigenvalue weighted by Crippen LogP contribution is 2.17. The zero-order chi connectivity index (χ0) is 19.1. The lowest BCUT2D eigenvalue weighted by molar-refractivity contribution is 0.102. The molecule has 2 aromatic carbocycles. The van der Waals surface area contributed by atoms with E-state index in [0.717, 1.165) is 22.7 Å². The van der Waals surface area contributed by atoms with Crippen molar-refractivity contribution in [3.63, 3.8) is 0 Å². The molecule has 0 unspecified atom stereocenters. The largest absolute Gasteiger partial charge is 0.497 e. The number of anilines is 2. The van der Waals surface area contributed by atoms with Gasteiger partial charge in [0.15, 0.2) is 0 Å². The van der Waals surface area contributed by atoms with Crippen molar-refractivity contribution in [2.24, 2.45) is 0 Å². The minimum atomic E-state index is -0.222. The molecule has 1 aromatic heterocycles. The average Bonchev–Trinajstić information content (AvgIpc) is 2.73. The van der Waals surface area contributed by atoms with Crippen LogP contribution < -0.4 is 20.1 Å². The summed E-state index contributed by atoms with van der Waals surface area (Å²) in [7, 11) is 3.24. The topological polar surface area (TPSA) is 72.5 Å². The van der Waals surface area contributed by atoms with Gasteiger partial charge in [0.2, 0.25) is 0 Å². The number of nitrogens with one attached hydrogen (secondary N) is 2. The van der Waals surface area contributed by atoms with Gasteiger partial charge in [-0.25, -0.2) is 0 Å². The molecule has 0 aliphatic rings. The van der Waals surface area contributed by atoms with Gasteiger partial charge in [-0.05, 0) is 48.0 Å². The molecule has 3 aromatic rings. The maximum atomic E-state index is 12.4. The third kappa shape index (κ3) is 4.98. The standard InChI is InChI=1S/C21H21N3O3/c1-26-19-7-3-15(4-8-19)12-23-18-11-16(13-22-14-18)21(25)24-17-5-9-20(27-2)10-6-17/h3-11,13-14,23H,12H2,1-2H3,(H,24,25). The van der Waals surface area contributed by atoms with Crippen LogP contribution in [0.4, 0.5) is 11.4 Å². The van der Waals surface area contributed by atoms with Gasteiger partial charge in [-0.15, -0.1) is 0 Å². The highest BCUT2D eigenvalue weighted by atomic mass is 16.5. The molecule has 0 fully saturated rings. The lowest BCUT2D eigenvalue weighted by Crippen LogP contribution is -2.12.